The van der Waals surface area contributed by atoms with Crippen LogP contribution in [-0.2, 0) is 0 Å². The number of hydrogen-bond acceptors (Lipinski definition) is 0. The summed E-state index contributed by atoms with van der Waals surface area (Å²) in [5.74, 6) is 0. The molecule has 0 bridgehead atoms. The molecule has 0 saturated carbocycles. The van der Waals surface area contributed by atoms with Crippen molar-refractivity contribution in [2.45, 2.75) is 104 Å². The molecule has 0 rings (SSSR count). The van der Waals surface area contributed by atoms with Crippen LogP contribution in [-0.4, -0.2) is 0 Å². The molecule has 20 heavy (non-hydrogen) atoms. The van der Waals surface area contributed by atoms with Gasteiger partial charge in [0, 0.05) is 0 Å². The van der Waals surface area contributed by atoms with Crippen LogP contribution in [0.4, 0.5) is 0 Å². The molecule has 0 atom stereocenters. The summed E-state index contributed by atoms with van der Waals surface area (Å²) in [6.07, 6.45) is 24.0. The normalized spacial score (nSPS) is 11.3. The average molecular weight is 279 g/mol. The van der Waals surface area contributed by atoms with E-state index in [1.807, 2.05) is 0 Å². The van der Waals surface area contributed by atoms with Crippen LogP contribution in [0, 0.1) is 0 Å². The van der Waals surface area contributed by atoms with E-state index >= 15 is 0 Å². The van der Waals surface area contributed by atoms with Crippen LogP contribution in [0.1, 0.15) is 104 Å². The van der Waals surface area contributed by atoms with E-state index in [1.54, 1.807) is 0 Å². The van der Waals surface area contributed by atoms with Crippen LogP contribution < -0.4 is 0 Å². The summed E-state index contributed by atoms with van der Waals surface area (Å²) in [7, 11) is 0. The van der Waals surface area contributed by atoms with Gasteiger partial charge in [0.15, 0.2) is 0 Å². The Balaban J connectivity index is 3.04. The number of allylic oxidation sites excluding steroid dienone is 3. The van der Waals surface area contributed by atoms with Gasteiger partial charge in [0.25, 0.3) is 0 Å². The van der Waals surface area contributed by atoms with E-state index in [0.717, 1.165) is 0 Å². The quantitative estimate of drug-likeness (QED) is 0.214. The molecule has 118 valence electrons. The molecule has 0 N–H and O–H groups in total. The molecule has 0 fully saturated rings. The van der Waals surface area contributed by atoms with Crippen molar-refractivity contribution in [3.8, 4) is 0 Å². The third-order valence-electron chi connectivity index (χ3n) is 3.87. The van der Waals surface area contributed by atoms with Crippen LogP contribution in [0.5, 0.6) is 0 Å². The highest BCUT2D eigenvalue weighted by Gasteiger charge is 1.92. The Hall–Kier alpha value is -0.520. The van der Waals surface area contributed by atoms with E-state index in [4.69, 9.17) is 0 Å². The molecule has 0 amide bonds. The van der Waals surface area contributed by atoms with Crippen molar-refractivity contribution in [2.24, 2.45) is 0 Å². The molecule has 0 aliphatic heterocycles. The predicted molar refractivity (Wildman–Crippen MR) is 94.3 cm³/mol. The lowest BCUT2D eigenvalue weighted by Crippen LogP contribution is -1.82. The molecular weight excluding hydrogens is 240 g/mol. The molecule has 0 aromatic carbocycles. The zero-order valence-corrected chi connectivity index (χ0v) is 14.3. The van der Waals surface area contributed by atoms with Gasteiger partial charge in [-0.05, 0) is 45.4 Å². The van der Waals surface area contributed by atoms with Crippen molar-refractivity contribution < 1.29 is 0 Å². The van der Waals surface area contributed by atoms with Gasteiger partial charge in [-0.3, -0.25) is 0 Å². The maximum atomic E-state index is 3.95. The van der Waals surface area contributed by atoms with E-state index in [-0.39, 0.29) is 0 Å². The van der Waals surface area contributed by atoms with Gasteiger partial charge in [0.2, 0.25) is 0 Å². The van der Waals surface area contributed by atoms with E-state index in [9.17, 15) is 0 Å². The SMILES string of the molecule is C=C(C)CCCCCCCCCC/C=C\CCCCC. The van der Waals surface area contributed by atoms with Crippen LogP contribution in [0.3, 0.4) is 0 Å². The maximum absolute atomic E-state index is 3.95. The third-order valence-corrected chi connectivity index (χ3v) is 3.87. The molecule has 0 aromatic heterocycles. The van der Waals surface area contributed by atoms with Gasteiger partial charge >= 0.3 is 0 Å². The minimum Gasteiger partial charge on any atom is -0.100 e. The zero-order chi connectivity index (χ0) is 14.9. The monoisotopic (exact) mass is 278 g/mol. The first kappa shape index (κ1) is 19.5. The predicted octanol–water partition coefficient (Wildman–Crippen LogP) is 7.60. The van der Waals surface area contributed by atoms with Crippen molar-refractivity contribution >= 4 is 0 Å². The lowest BCUT2D eigenvalue weighted by molar-refractivity contribution is 0.569. The lowest BCUT2D eigenvalue weighted by Gasteiger charge is -2.02. The fraction of sp³-hybridized carbons (Fsp3) is 0.800. The molecule has 0 radical (unpaired) electrons. The standard InChI is InChI=1S/C20H38/c1-4-5-6-7-8-9-10-11-12-13-14-15-16-17-18-19-20(2)3/h8-9H,2,4-7,10-19H2,1,3H3/b9-8-. The summed E-state index contributed by atoms with van der Waals surface area (Å²) in [5.41, 5.74) is 1.34. The average Bonchev–Trinajstić information content (AvgIpc) is 2.43. The Kier molecular flexibility index (Phi) is 16.1. The summed E-state index contributed by atoms with van der Waals surface area (Å²) in [5, 5.41) is 0. The van der Waals surface area contributed by atoms with Gasteiger partial charge < -0.3 is 0 Å². The Morgan fingerprint density at radius 1 is 0.700 bits per heavy atom. The molecular formula is C20H38. The van der Waals surface area contributed by atoms with Crippen molar-refractivity contribution in [3.63, 3.8) is 0 Å². The van der Waals surface area contributed by atoms with Crippen LogP contribution in [0.25, 0.3) is 0 Å². The van der Waals surface area contributed by atoms with Gasteiger partial charge in [-0.15, -0.1) is 6.58 Å². The number of rotatable bonds is 15. The molecule has 0 nitrogen and oxygen atoms in total. The van der Waals surface area contributed by atoms with Crippen molar-refractivity contribution in [3.05, 3.63) is 24.3 Å². The van der Waals surface area contributed by atoms with Gasteiger partial charge in [0.05, 0.1) is 0 Å². The minimum absolute atomic E-state index is 1.23. The first-order valence-corrected chi connectivity index (χ1v) is 9.06. The molecule has 0 spiro atoms. The van der Waals surface area contributed by atoms with Gasteiger partial charge in [-0.25, -0.2) is 0 Å². The second kappa shape index (κ2) is 16.5. The summed E-state index contributed by atoms with van der Waals surface area (Å²) < 4.78 is 0. The fourth-order valence-corrected chi connectivity index (χ4v) is 2.50. The van der Waals surface area contributed by atoms with Crippen molar-refractivity contribution in [2.75, 3.05) is 0 Å². The zero-order valence-electron chi connectivity index (χ0n) is 14.3. The smallest absolute Gasteiger partial charge is 0.0326 e. The largest absolute Gasteiger partial charge is 0.100 e. The van der Waals surface area contributed by atoms with E-state index < -0.39 is 0 Å². The summed E-state index contributed by atoms with van der Waals surface area (Å²) in [6, 6.07) is 0. The molecule has 0 aliphatic rings. The van der Waals surface area contributed by atoms with Crippen molar-refractivity contribution in [1.82, 2.24) is 0 Å². The third kappa shape index (κ3) is 17.5. The van der Waals surface area contributed by atoms with E-state index in [2.05, 4.69) is 32.6 Å². The number of unbranched alkanes of at least 4 members (excludes halogenated alkanes) is 11. The van der Waals surface area contributed by atoms with E-state index in [0.29, 0.717) is 0 Å². The first-order valence-electron chi connectivity index (χ1n) is 9.06. The van der Waals surface area contributed by atoms with Crippen molar-refractivity contribution in [1.29, 1.82) is 0 Å². The molecule has 0 saturated heterocycles. The molecule has 0 aromatic rings. The van der Waals surface area contributed by atoms with Crippen LogP contribution >= 0.6 is 0 Å². The molecule has 0 heteroatoms. The molecule has 0 heterocycles. The van der Waals surface area contributed by atoms with Crippen LogP contribution in [0.15, 0.2) is 24.3 Å². The van der Waals surface area contributed by atoms with Gasteiger partial charge in [-0.1, -0.05) is 76.0 Å². The lowest BCUT2D eigenvalue weighted by atomic mass is 10.0. The van der Waals surface area contributed by atoms with Gasteiger partial charge in [0.1, 0.15) is 0 Å². The number of hydrogen-bond donors (Lipinski definition) is 0. The van der Waals surface area contributed by atoms with Gasteiger partial charge in [-0.2, -0.15) is 0 Å². The highest BCUT2D eigenvalue weighted by molar-refractivity contribution is 4.87. The molecule has 0 unspecified atom stereocenters. The Bertz CT molecular complexity index is 224. The summed E-state index contributed by atoms with van der Waals surface area (Å²) in [4.78, 5) is 0. The molecule has 0 aliphatic carbocycles. The Labute approximate surface area is 128 Å². The Morgan fingerprint density at radius 2 is 1.15 bits per heavy atom. The summed E-state index contributed by atoms with van der Waals surface area (Å²) >= 11 is 0. The van der Waals surface area contributed by atoms with Crippen LogP contribution in [0.2, 0.25) is 0 Å². The highest BCUT2D eigenvalue weighted by atomic mass is 14.0. The van der Waals surface area contributed by atoms with E-state index in [1.165, 1.54) is 95.5 Å². The Morgan fingerprint density at radius 3 is 1.65 bits per heavy atom. The second-order valence-corrected chi connectivity index (χ2v) is 6.29. The maximum Gasteiger partial charge on any atom is -0.0326 e. The fourth-order valence-electron chi connectivity index (χ4n) is 2.50. The minimum atomic E-state index is 1.23. The topological polar surface area (TPSA) is 0 Å². The second-order valence-electron chi connectivity index (χ2n) is 6.29. The summed E-state index contributed by atoms with van der Waals surface area (Å²) in [6.45, 7) is 8.36. The highest BCUT2D eigenvalue weighted by Crippen LogP contribution is 2.12. The first-order chi connectivity index (χ1) is 9.77.